The van der Waals surface area contributed by atoms with Gasteiger partial charge in [-0.05, 0) is 31.5 Å². The second-order valence-electron chi connectivity index (χ2n) is 5.95. The highest BCUT2D eigenvalue weighted by atomic mass is 32.2. The average Bonchev–Trinajstić information content (AvgIpc) is 2.97. The van der Waals surface area contributed by atoms with Crippen molar-refractivity contribution in [2.75, 3.05) is 11.5 Å². The fourth-order valence-corrected chi connectivity index (χ4v) is 5.48. The molecule has 1 aliphatic heterocycles. The topological polar surface area (TPSA) is 96.4 Å². The number of carbonyl (C=O) groups excluding carboxylic acids is 1. The molecule has 1 aromatic heterocycles. The molecule has 0 radical (unpaired) electrons. The van der Waals surface area contributed by atoms with E-state index in [1.54, 1.807) is 29.5 Å². The third-order valence-electron chi connectivity index (χ3n) is 3.93. The summed E-state index contributed by atoms with van der Waals surface area (Å²) >= 11 is 1.56. The summed E-state index contributed by atoms with van der Waals surface area (Å²) < 4.78 is 23.1. The third-order valence-corrected chi connectivity index (χ3v) is 6.77. The van der Waals surface area contributed by atoms with E-state index in [-0.39, 0.29) is 11.5 Å². The summed E-state index contributed by atoms with van der Waals surface area (Å²) in [7, 11) is -3.30. The maximum atomic E-state index is 12.4. The molecule has 2 heterocycles. The predicted octanol–water partition coefficient (Wildman–Crippen LogP) is 1.31. The Hall–Kier alpha value is -1.77. The van der Waals surface area contributed by atoms with Gasteiger partial charge in [0.2, 0.25) is 0 Å². The molecule has 24 heavy (non-hydrogen) atoms. The molecule has 1 fully saturated rings. The normalized spacial score (nSPS) is 22.5. The van der Waals surface area contributed by atoms with Crippen molar-refractivity contribution in [1.29, 1.82) is 0 Å². The molecule has 0 spiro atoms. The lowest BCUT2D eigenvalue weighted by atomic mass is 10.1. The van der Waals surface area contributed by atoms with Crippen LogP contribution < -0.4 is 5.32 Å². The first kappa shape index (κ1) is 17.1. The zero-order chi connectivity index (χ0) is 17.5. The molecular formula is C16H18N2O4S2. The molecule has 8 heteroatoms. The van der Waals surface area contributed by atoms with E-state index in [1.807, 2.05) is 19.9 Å². The Kier molecular flexibility index (Phi) is 4.46. The summed E-state index contributed by atoms with van der Waals surface area (Å²) in [6, 6.07) is 6.34. The molecule has 0 saturated carbocycles. The van der Waals surface area contributed by atoms with E-state index in [2.05, 4.69) is 10.3 Å². The first-order chi connectivity index (χ1) is 11.2. The maximum Gasteiger partial charge on any atom is 0.251 e. The number of nitrogens with zero attached hydrogens (tertiary/aromatic N) is 1. The zero-order valence-corrected chi connectivity index (χ0v) is 14.9. The van der Waals surface area contributed by atoms with Crippen LogP contribution in [-0.2, 0) is 9.84 Å². The summed E-state index contributed by atoms with van der Waals surface area (Å²) in [4.78, 5) is 17.8. The fraction of sp³-hybridized carbons (Fsp3) is 0.375. The minimum atomic E-state index is -3.30. The Balaban J connectivity index is 1.81. The summed E-state index contributed by atoms with van der Waals surface area (Å²) in [6.07, 6.45) is -1.06. The molecule has 1 saturated heterocycles. The smallest absolute Gasteiger partial charge is 0.251 e. The molecular weight excluding hydrogens is 348 g/mol. The SMILES string of the molecule is Cc1nc(C)c(-c2cccc(C(=O)N[C@H]3CS(=O)(=O)C[C@@H]3O)c2)s1. The summed E-state index contributed by atoms with van der Waals surface area (Å²) in [6.45, 7) is 3.85. The van der Waals surface area contributed by atoms with Crippen LogP contribution in [0.3, 0.4) is 0 Å². The number of carbonyl (C=O) groups is 1. The van der Waals surface area contributed by atoms with Gasteiger partial charge >= 0.3 is 0 Å². The number of benzene rings is 1. The van der Waals surface area contributed by atoms with Crippen LogP contribution in [0.4, 0.5) is 0 Å². The highest BCUT2D eigenvalue weighted by Gasteiger charge is 2.37. The van der Waals surface area contributed by atoms with Crippen molar-refractivity contribution in [3.8, 4) is 10.4 Å². The van der Waals surface area contributed by atoms with Crippen molar-refractivity contribution in [3.05, 3.63) is 40.5 Å². The number of aliphatic hydroxyl groups excluding tert-OH is 1. The highest BCUT2D eigenvalue weighted by Crippen LogP contribution is 2.30. The average molecular weight is 366 g/mol. The molecule has 6 nitrogen and oxygen atoms in total. The van der Waals surface area contributed by atoms with Gasteiger partial charge in [0.25, 0.3) is 5.91 Å². The molecule has 3 rings (SSSR count). The third kappa shape index (κ3) is 3.50. The van der Waals surface area contributed by atoms with Gasteiger partial charge < -0.3 is 10.4 Å². The molecule has 2 aromatic rings. The molecule has 0 bridgehead atoms. The van der Waals surface area contributed by atoms with Crippen LogP contribution >= 0.6 is 11.3 Å². The van der Waals surface area contributed by atoms with E-state index >= 15 is 0 Å². The van der Waals surface area contributed by atoms with Gasteiger partial charge in [-0.1, -0.05) is 12.1 Å². The van der Waals surface area contributed by atoms with Crippen molar-refractivity contribution < 1.29 is 18.3 Å². The van der Waals surface area contributed by atoms with E-state index < -0.39 is 27.9 Å². The van der Waals surface area contributed by atoms with Crippen molar-refractivity contribution in [2.45, 2.75) is 26.0 Å². The Morgan fingerprint density at radius 2 is 2.08 bits per heavy atom. The number of thiazole rings is 1. The monoisotopic (exact) mass is 366 g/mol. The Morgan fingerprint density at radius 1 is 1.33 bits per heavy atom. The molecule has 128 valence electrons. The number of rotatable bonds is 3. The van der Waals surface area contributed by atoms with Crippen molar-refractivity contribution >= 4 is 27.1 Å². The van der Waals surface area contributed by atoms with Crippen LogP contribution in [0.5, 0.6) is 0 Å². The highest BCUT2D eigenvalue weighted by molar-refractivity contribution is 7.91. The minimum absolute atomic E-state index is 0.229. The number of hydrogen-bond acceptors (Lipinski definition) is 6. The molecule has 1 aliphatic rings. The van der Waals surface area contributed by atoms with Crippen molar-refractivity contribution in [3.63, 3.8) is 0 Å². The molecule has 2 N–H and O–H groups in total. The Bertz CT molecular complexity index is 889. The van der Waals surface area contributed by atoms with Gasteiger partial charge in [-0.15, -0.1) is 11.3 Å². The van der Waals surface area contributed by atoms with E-state index in [0.29, 0.717) is 5.56 Å². The van der Waals surface area contributed by atoms with Gasteiger partial charge in [0.1, 0.15) is 0 Å². The number of amides is 1. The molecule has 2 atom stereocenters. The van der Waals surface area contributed by atoms with E-state index in [4.69, 9.17) is 0 Å². The number of aryl methyl sites for hydroxylation is 2. The predicted molar refractivity (Wildman–Crippen MR) is 92.9 cm³/mol. The number of sulfone groups is 1. The summed E-state index contributed by atoms with van der Waals surface area (Å²) in [5.74, 6) is -0.929. The number of aromatic nitrogens is 1. The standard InChI is InChI=1S/C16H18N2O4S2/c1-9-15(23-10(2)17-9)11-4-3-5-12(6-11)16(20)18-13-7-24(21,22)8-14(13)19/h3-6,13-14,19H,7-8H2,1-2H3,(H,18,20)/t13-,14-/m0/s1. The lowest BCUT2D eigenvalue weighted by molar-refractivity contribution is 0.0889. The van der Waals surface area contributed by atoms with Gasteiger partial charge in [0, 0.05) is 5.56 Å². The number of nitrogens with one attached hydrogen (secondary N) is 1. The minimum Gasteiger partial charge on any atom is -0.390 e. The number of hydrogen-bond donors (Lipinski definition) is 2. The van der Waals surface area contributed by atoms with Crippen LogP contribution in [-0.4, -0.2) is 48.1 Å². The van der Waals surface area contributed by atoms with Gasteiger partial charge in [0.05, 0.1) is 39.2 Å². The van der Waals surface area contributed by atoms with Gasteiger partial charge in [0.15, 0.2) is 9.84 Å². The van der Waals surface area contributed by atoms with Crippen molar-refractivity contribution in [1.82, 2.24) is 10.3 Å². The van der Waals surface area contributed by atoms with Crippen LogP contribution in [0.2, 0.25) is 0 Å². The first-order valence-electron chi connectivity index (χ1n) is 7.49. The van der Waals surface area contributed by atoms with Crippen LogP contribution in [0.1, 0.15) is 21.1 Å². The zero-order valence-electron chi connectivity index (χ0n) is 13.3. The Morgan fingerprint density at radius 3 is 2.67 bits per heavy atom. The summed E-state index contributed by atoms with van der Waals surface area (Å²) in [5.41, 5.74) is 2.23. The van der Waals surface area contributed by atoms with Crippen LogP contribution in [0.25, 0.3) is 10.4 Å². The van der Waals surface area contributed by atoms with Crippen LogP contribution in [0, 0.1) is 13.8 Å². The van der Waals surface area contributed by atoms with Gasteiger partial charge in [-0.2, -0.15) is 0 Å². The number of aliphatic hydroxyl groups is 1. The second kappa shape index (κ2) is 6.27. The molecule has 1 aromatic carbocycles. The first-order valence-corrected chi connectivity index (χ1v) is 10.1. The van der Waals surface area contributed by atoms with E-state index in [1.165, 1.54) is 0 Å². The molecule has 0 unspecified atom stereocenters. The summed E-state index contributed by atoms with van der Waals surface area (Å²) in [5, 5.41) is 13.4. The van der Waals surface area contributed by atoms with Crippen LogP contribution in [0.15, 0.2) is 24.3 Å². The van der Waals surface area contributed by atoms with Gasteiger partial charge in [-0.25, -0.2) is 13.4 Å². The Labute approximate surface area is 144 Å². The lowest BCUT2D eigenvalue weighted by Gasteiger charge is -2.15. The second-order valence-corrected chi connectivity index (χ2v) is 9.31. The molecule has 0 aliphatic carbocycles. The maximum absolute atomic E-state index is 12.4. The van der Waals surface area contributed by atoms with E-state index in [9.17, 15) is 18.3 Å². The van der Waals surface area contributed by atoms with Gasteiger partial charge in [-0.3, -0.25) is 4.79 Å². The van der Waals surface area contributed by atoms with Crippen molar-refractivity contribution in [2.24, 2.45) is 0 Å². The largest absolute Gasteiger partial charge is 0.390 e. The lowest BCUT2D eigenvalue weighted by Crippen LogP contribution is -2.42. The molecule has 1 amide bonds. The quantitative estimate of drug-likeness (QED) is 0.854. The van der Waals surface area contributed by atoms with E-state index in [0.717, 1.165) is 21.1 Å². The fourth-order valence-electron chi connectivity index (χ4n) is 2.82.